The van der Waals surface area contributed by atoms with E-state index in [-0.39, 0.29) is 36.2 Å². The van der Waals surface area contributed by atoms with Crippen LogP contribution in [-0.2, 0) is 38.4 Å². The van der Waals surface area contributed by atoms with Crippen LogP contribution in [0.1, 0.15) is 35.1 Å². The van der Waals surface area contributed by atoms with Crippen molar-refractivity contribution in [2.45, 2.75) is 37.6 Å². The number of rotatable bonds is 2. The molecule has 2 aliphatic carbocycles. The predicted molar refractivity (Wildman–Crippen MR) is 102 cm³/mol. The number of Topliss-reactive ketones (excluding diaryl/α,β-unsaturated/α-hetero) is 1. The van der Waals surface area contributed by atoms with Gasteiger partial charge in [0.15, 0.2) is 23.3 Å². The van der Waals surface area contributed by atoms with Crippen LogP contribution in [0.15, 0.2) is 30.0 Å². The Hall–Kier alpha value is -2.89. The number of ketones is 1. The van der Waals surface area contributed by atoms with E-state index in [1.807, 2.05) is 0 Å². The fraction of sp³-hybridized carbons (Fsp3) is 0.286. The lowest BCUT2D eigenvalue weighted by Gasteiger charge is -2.18. The highest BCUT2D eigenvalue weighted by Gasteiger charge is 2.49. The Kier molecular flexibility index (Phi) is 6.87. The fourth-order valence-electron chi connectivity index (χ4n) is 3.34. The van der Waals surface area contributed by atoms with E-state index in [4.69, 9.17) is 0 Å². The predicted octanol–water partition coefficient (Wildman–Crippen LogP) is 5.14. The molecule has 0 atom stereocenters. The summed E-state index contributed by atoms with van der Waals surface area (Å²) in [6.45, 7) is 0. The van der Waals surface area contributed by atoms with Gasteiger partial charge in [0.1, 0.15) is 11.5 Å². The minimum absolute atomic E-state index is 0.0167. The van der Waals surface area contributed by atoms with E-state index in [0.29, 0.717) is 18.4 Å². The van der Waals surface area contributed by atoms with E-state index in [9.17, 15) is 43.9 Å². The van der Waals surface area contributed by atoms with Gasteiger partial charge in [0.25, 0.3) is 0 Å². The third-order valence-corrected chi connectivity index (χ3v) is 6.01. The smallest absolute Gasteiger partial charge is 0.381 e. The van der Waals surface area contributed by atoms with Gasteiger partial charge in [-0.3, -0.25) is 4.79 Å². The molecule has 0 aliphatic heterocycles. The maximum atomic E-state index is 13.5. The van der Waals surface area contributed by atoms with Crippen LogP contribution >= 0.6 is 0 Å². The Bertz CT molecular complexity index is 1230. The van der Waals surface area contributed by atoms with Crippen LogP contribution in [0.25, 0.3) is 6.08 Å². The first-order valence-electron chi connectivity index (χ1n) is 9.46. The van der Waals surface area contributed by atoms with Crippen molar-refractivity contribution in [1.82, 2.24) is 0 Å². The molecule has 0 saturated carbocycles. The van der Waals surface area contributed by atoms with Gasteiger partial charge < -0.3 is 4.18 Å². The van der Waals surface area contributed by atoms with Crippen LogP contribution in [0.2, 0.25) is 0 Å². The van der Waals surface area contributed by atoms with Crippen LogP contribution in [0.3, 0.4) is 0 Å². The second-order valence-electron chi connectivity index (χ2n) is 7.24. The van der Waals surface area contributed by atoms with Crippen molar-refractivity contribution in [3.8, 4) is 0 Å². The first-order valence-corrected chi connectivity index (χ1v) is 10.9. The minimum atomic E-state index is -5.81. The Morgan fingerprint density at radius 1 is 0.788 bits per heavy atom. The van der Waals surface area contributed by atoms with Crippen molar-refractivity contribution in [2.75, 3.05) is 0 Å². The normalized spacial score (nSPS) is 15.6. The topological polar surface area (TPSA) is 60.4 Å². The number of halogens is 7. The largest absolute Gasteiger partial charge is 0.534 e. The molecule has 0 saturated heterocycles. The van der Waals surface area contributed by atoms with E-state index in [1.54, 1.807) is 6.07 Å². The molecule has 33 heavy (non-hydrogen) atoms. The number of carbonyl (C=O) groups is 1. The van der Waals surface area contributed by atoms with Crippen LogP contribution in [0.5, 0.6) is 0 Å². The summed E-state index contributed by atoms with van der Waals surface area (Å²) in [6.07, 6.45) is 1.67. The SMILES string of the molecule is O=C1CCc2ccc(F)c(F)c2C1.O=S(=O)(OC1=Cc2c(ccc(F)c2F)CC1)C(F)(F)F. The summed E-state index contributed by atoms with van der Waals surface area (Å²) in [4.78, 5) is 11.0. The lowest BCUT2D eigenvalue weighted by molar-refractivity contribution is -0.118. The molecule has 0 fully saturated rings. The summed E-state index contributed by atoms with van der Waals surface area (Å²) in [6, 6.07) is 4.84. The number of fused-ring (bicyclic) bond motifs is 2. The van der Waals surface area contributed by atoms with E-state index in [2.05, 4.69) is 4.18 Å². The van der Waals surface area contributed by atoms with Gasteiger partial charge >= 0.3 is 15.6 Å². The molecule has 0 heterocycles. The number of benzene rings is 2. The van der Waals surface area contributed by atoms with Crippen LogP contribution in [-0.4, -0.2) is 19.7 Å². The molecule has 0 radical (unpaired) electrons. The van der Waals surface area contributed by atoms with Gasteiger partial charge in [0, 0.05) is 30.4 Å². The van der Waals surface area contributed by atoms with Gasteiger partial charge in [0.05, 0.1) is 0 Å². The number of allylic oxidation sites excluding steroid dienone is 1. The highest BCUT2D eigenvalue weighted by molar-refractivity contribution is 7.87. The molecule has 0 N–H and O–H groups in total. The molecule has 12 heteroatoms. The third kappa shape index (κ3) is 5.37. The van der Waals surface area contributed by atoms with Gasteiger partial charge in [-0.25, -0.2) is 17.6 Å². The van der Waals surface area contributed by atoms with Crippen molar-refractivity contribution in [1.29, 1.82) is 0 Å². The quantitative estimate of drug-likeness (QED) is 0.328. The molecule has 0 amide bonds. The van der Waals surface area contributed by atoms with Gasteiger partial charge in [-0.1, -0.05) is 12.1 Å². The monoisotopic (exact) mass is 496 g/mol. The fourth-order valence-corrected chi connectivity index (χ4v) is 3.85. The van der Waals surface area contributed by atoms with E-state index < -0.39 is 44.7 Å². The number of hydrogen-bond donors (Lipinski definition) is 0. The van der Waals surface area contributed by atoms with Crippen LogP contribution < -0.4 is 0 Å². The number of alkyl halides is 3. The number of aryl methyl sites for hydroxylation is 2. The first-order chi connectivity index (χ1) is 15.3. The molecule has 0 bridgehead atoms. The summed E-state index contributed by atoms with van der Waals surface area (Å²) >= 11 is 0. The summed E-state index contributed by atoms with van der Waals surface area (Å²) in [7, 11) is -5.81. The second-order valence-corrected chi connectivity index (χ2v) is 8.78. The zero-order valence-electron chi connectivity index (χ0n) is 16.6. The maximum Gasteiger partial charge on any atom is 0.534 e. The molecule has 4 rings (SSSR count). The first kappa shape index (κ1) is 24.7. The molecule has 2 aromatic rings. The molecule has 0 aromatic heterocycles. The second kappa shape index (κ2) is 9.16. The molecule has 178 valence electrons. The van der Waals surface area contributed by atoms with E-state index in [0.717, 1.165) is 23.8 Å². The zero-order valence-corrected chi connectivity index (χ0v) is 17.4. The summed E-state index contributed by atoms with van der Waals surface area (Å²) < 4.78 is 114. The summed E-state index contributed by atoms with van der Waals surface area (Å²) in [5, 5.41) is 0. The van der Waals surface area contributed by atoms with Crippen molar-refractivity contribution >= 4 is 22.0 Å². The van der Waals surface area contributed by atoms with Crippen molar-refractivity contribution < 1.29 is 48.1 Å². The molecule has 2 aromatic carbocycles. The van der Waals surface area contributed by atoms with Gasteiger partial charge in [-0.05, 0) is 42.2 Å². The number of hydrogen-bond acceptors (Lipinski definition) is 4. The van der Waals surface area contributed by atoms with Crippen molar-refractivity contribution in [3.05, 3.63) is 75.5 Å². The Morgan fingerprint density at radius 2 is 1.36 bits per heavy atom. The van der Waals surface area contributed by atoms with Gasteiger partial charge in [-0.15, -0.1) is 0 Å². The Balaban J connectivity index is 0.000000203. The highest BCUT2D eigenvalue weighted by Crippen LogP contribution is 2.32. The van der Waals surface area contributed by atoms with Crippen molar-refractivity contribution in [2.24, 2.45) is 0 Å². The zero-order chi connectivity index (χ0) is 24.6. The number of carbonyl (C=O) groups excluding carboxylic acids is 1. The van der Waals surface area contributed by atoms with Crippen molar-refractivity contribution in [3.63, 3.8) is 0 Å². The van der Waals surface area contributed by atoms with Gasteiger partial charge in [0.2, 0.25) is 0 Å². The Morgan fingerprint density at radius 3 is 2.00 bits per heavy atom. The molecule has 0 unspecified atom stereocenters. The summed E-state index contributed by atoms with van der Waals surface area (Å²) in [5.74, 6) is -4.76. The third-order valence-electron chi connectivity index (χ3n) is 5.01. The Labute approximate surface area is 183 Å². The van der Waals surface area contributed by atoms with E-state index in [1.165, 1.54) is 6.07 Å². The van der Waals surface area contributed by atoms with Gasteiger partial charge in [-0.2, -0.15) is 21.6 Å². The summed E-state index contributed by atoms with van der Waals surface area (Å²) in [5.41, 5.74) is -4.51. The maximum absolute atomic E-state index is 13.5. The molecular weight excluding hydrogens is 481 g/mol. The molecular formula is C21H15F7O4S. The van der Waals surface area contributed by atoms with Crippen LogP contribution in [0.4, 0.5) is 30.7 Å². The standard InChI is InChI=1S/C11H7F5O3S.C10H8F2O/c12-9-4-2-6-1-3-7(5-8(6)10(9)13)19-20(17,18)11(14,15)16;11-9-4-2-6-1-3-7(13)5-8(6)10(9)12/h2,4-5H,1,3H2;2,4H,1,3,5H2. The minimum Gasteiger partial charge on any atom is -0.381 e. The lowest BCUT2D eigenvalue weighted by Crippen LogP contribution is -2.25. The molecule has 4 nitrogen and oxygen atoms in total. The highest BCUT2D eigenvalue weighted by atomic mass is 32.2. The lowest BCUT2D eigenvalue weighted by atomic mass is 9.90. The van der Waals surface area contributed by atoms with E-state index >= 15 is 0 Å². The van der Waals surface area contributed by atoms with Crippen LogP contribution in [0, 0.1) is 23.3 Å². The molecule has 0 spiro atoms. The molecule has 2 aliphatic rings. The average Bonchev–Trinajstić information content (AvgIpc) is 2.73. The average molecular weight is 496 g/mol.